The molecular formula is C24H19N5O2. The van der Waals surface area contributed by atoms with Gasteiger partial charge in [0.2, 0.25) is 5.91 Å². The first-order chi connectivity index (χ1) is 15.1. The van der Waals surface area contributed by atoms with Crippen LogP contribution in [-0.2, 0) is 11.3 Å². The van der Waals surface area contributed by atoms with Crippen molar-refractivity contribution in [1.29, 1.82) is 0 Å². The zero-order chi connectivity index (χ0) is 21.4. The standard InChI is InChI=1S/C24H19N5O2/c1-15-18-6-2-3-7-19(18)24(31)29(28-15)14-22(30)25-17-12-10-16(11-13-17)23-26-20-8-4-5-9-21(20)27-23/h2-13H,14H2,1H3,(H,25,30)(H,26,27). The average Bonchev–Trinajstić information content (AvgIpc) is 3.22. The number of hydrogen-bond donors (Lipinski definition) is 2. The third kappa shape index (κ3) is 3.57. The summed E-state index contributed by atoms with van der Waals surface area (Å²) in [5, 5.41) is 8.46. The summed E-state index contributed by atoms with van der Waals surface area (Å²) in [6.07, 6.45) is 0. The van der Waals surface area contributed by atoms with Gasteiger partial charge in [-0.15, -0.1) is 0 Å². The highest BCUT2D eigenvalue weighted by Gasteiger charge is 2.11. The minimum absolute atomic E-state index is 0.157. The number of nitrogens with zero attached hydrogens (tertiary/aromatic N) is 3. The van der Waals surface area contributed by atoms with Gasteiger partial charge < -0.3 is 10.3 Å². The molecule has 0 saturated heterocycles. The zero-order valence-electron chi connectivity index (χ0n) is 16.8. The normalized spacial score (nSPS) is 11.1. The molecule has 0 saturated carbocycles. The Morgan fingerprint density at radius 1 is 0.968 bits per heavy atom. The average molecular weight is 409 g/mol. The maximum Gasteiger partial charge on any atom is 0.275 e. The molecule has 7 nitrogen and oxygen atoms in total. The Bertz CT molecular complexity index is 1450. The van der Waals surface area contributed by atoms with E-state index in [1.807, 2.05) is 67.6 Å². The smallest absolute Gasteiger partial charge is 0.275 e. The first kappa shape index (κ1) is 18.7. The topological polar surface area (TPSA) is 92.7 Å². The van der Waals surface area contributed by atoms with Gasteiger partial charge in [0.25, 0.3) is 5.56 Å². The van der Waals surface area contributed by atoms with Crippen LogP contribution in [0, 0.1) is 6.92 Å². The molecule has 0 atom stereocenters. The summed E-state index contributed by atoms with van der Waals surface area (Å²) in [4.78, 5) is 33.0. The lowest BCUT2D eigenvalue weighted by Gasteiger charge is -2.09. The predicted octanol–water partition coefficient (Wildman–Crippen LogP) is 3.89. The van der Waals surface area contributed by atoms with E-state index in [0.29, 0.717) is 16.8 Å². The number of benzene rings is 3. The van der Waals surface area contributed by atoms with Crippen LogP contribution in [0.5, 0.6) is 0 Å². The van der Waals surface area contributed by atoms with Crippen LogP contribution in [0.25, 0.3) is 33.2 Å². The van der Waals surface area contributed by atoms with Crippen molar-refractivity contribution in [3.8, 4) is 11.4 Å². The van der Waals surface area contributed by atoms with Crippen LogP contribution < -0.4 is 10.9 Å². The highest BCUT2D eigenvalue weighted by Crippen LogP contribution is 2.22. The van der Waals surface area contributed by atoms with Crippen molar-refractivity contribution in [3.05, 3.63) is 88.8 Å². The summed E-state index contributed by atoms with van der Waals surface area (Å²) < 4.78 is 1.20. The van der Waals surface area contributed by atoms with Gasteiger partial charge in [-0.05, 0) is 49.4 Å². The number of amides is 1. The van der Waals surface area contributed by atoms with Crippen LogP contribution in [0.3, 0.4) is 0 Å². The number of imidazole rings is 1. The molecule has 0 bridgehead atoms. The van der Waals surface area contributed by atoms with Crippen molar-refractivity contribution < 1.29 is 4.79 Å². The SMILES string of the molecule is Cc1nn(CC(=O)Nc2ccc(-c3nc4ccccc4[nH]3)cc2)c(=O)c2ccccc12. The molecule has 5 aromatic rings. The summed E-state index contributed by atoms with van der Waals surface area (Å²) in [6.45, 7) is 1.67. The predicted molar refractivity (Wildman–Crippen MR) is 121 cm³/mol. The third-order valence-electron chi connectivity index (χ3n) is 5.18. The molecule has 0 aliphatic carbocycles. The monoisotopic (exact) mass is 409 g/mol. The number of rotatable bonds is 4. The number of aromatic nitrogens is 4. The van der Waals surface area contributed by atoms with Crippen molar-refractivity contribution in [2.24, 2.45) is 0 Å². The summed E-state index contributed by atoms with van der Waals surface area (Å²) in [5.74, 6) is 0.447. The second kappa shape index (κ2) is 7.53. The Kier molecular flexibility index (Phi) is 4.55. The zero-order valence-corrected chi connectivity index (χ0v) is 16.8. The van der Waals surface area contributed by atoms with Gasteiger partial charge in [-0.2, -0.15) is 5.10 Å². The number of H-pyrrole nitrogens is 1. The van der Waals surface area contributed by atoms with Crippen molar-refractivity contribution in [2.45, 2.75) is 13.5 Å². The summed E-state index contributed by atoms with van der Waals surface area (Å²) in [7, 11) is 0. The van der Waals surface area contributed by atoms with E-state index in [4.69, 9.17) is 0 Å². The van der Waals surface area contributed by atoms with Crippen molar-refractivity contribution >= 4 is 33.4 Å². The second-order valence-electron chi connectivity index (χ2n) is 7.32. The molecule has 2 N–H and O–H groups in total. The van der Waals surface area contributed by atoms with Gasteiger partial charge in [-0.1, -0.05) is 30.3 Å². The fourth-order valence-electron chi connectivity index (χ4n) is 3.65. The van der Waals surface area contributed by atoms with Gasteiger partial charge in [-0.25, -0.2) is 9.67 Å². The van der Waals surface area contributed by atoms with E-state index in [1.54, 1.807) is 12.1 Å². The molecule has 0 aliphatic rings. The maximum atomic E-state index is 12.7. The maximum absolute atomic E-state index is 12.7. The highest BCUT2D eigenvalue weighted by molar-refractivity contribution is 5.91. The molecule has 1 amide bonds. The van der Waals surface area contributed by atoms with Gasteiger partial charge in [0.1, 0.15) is 12.4 Å². The van der Waals surface area contributed by atoms with Gasteiger partial charge in [0.05, 0.1) is 22.1 Å². The number of carbonyl (C=O) groups is 1. The fourth-order valence-corrected chi connectivity index (χ4v) is 3.65. The lowest BCUT2D eigenvalue weighted by atomic mass is 10.1. The molecule has 0 aliphatic heterocycles. The van der Waals surface area contributed by atoms with E-state index in [9.17, 15) is 9.59 Å². The number of anilines is 1. The number of fused-ring (bicyclic) bond motifs is 2. The molecule has 2 heterocycles. The van der Waals surface area contributed by atoms with Gasteiger partial charge in [0.15, 0.2) is 0 Å². The van der Waals surface area contributed by atoms with Crippen molar-refractivity contribution in [2.75, 3.05) is 5.32 Å². The first-order valence-electron chi connectivity index (χ1n) is 9.90. The number of carbonyl (C=O) groups excluding carboxylic acids is 1. The van der Waals surface area contributed by atoms with E-state index in [1.165, 1.54) is 4.68 Å². The largest absolute Gasteiger partial charge is 0.338 e. The summed E-state index contributed by atoms with van der Waals surface area (Å²) in [5.41, 5.74) is 3.85. The molecule has 0 fully saturated rings. The van der Waals surface area contributed by atoms with Crippen LogP contribution in [-0.4, -0.2) is 25.7 Å². The van der Waals surface area contributed by atoms with Crippen molar-refractivity contribution in [3.63, 3.8) is 0 Å². The van der Waals surface area contributed by atoms with Gasteiger partial charge in [0, 0.05) is 16.6 Å². The Morgan fingerprint density at radius 3 is 2.45 bits per heavy atom. The summed E-state index contributed by atoms with van der Waals surface area (Å²) in [6, 6.07) is 22.5. The lowest BCUT2D eigenvalue weighted by Crippen LogP contribution is -2.30. The van der Waals surface area contributed by atoms with E-state index in [-0.39, 0.29) is 18.0 Å². The number of nitrogens with one attached hydrogen (secondary N) is 2. The van der Waals surface area contributed by atoms with Crippen LogP contribution >= 0.6 is 0 Å². The Labute approximate surface area is 177 Å². The highest BCUT2D eigenvalue weighted by atomic mass is 16.2. The van der Waals surface area contributed by atoms with Crippen molar-refractivity contribution in [1.82, 2.24) is 19.7 Å². The van der Waals surface area contributed by atoms with Crippen LogP contribution in [0.2, 0.25) is 0 Å². The molecule has 152 valence electrons. The molecule has 3 aromatic carbocycles. The minimum Gasteiger partial charge on any atom is -0.338 e. The molecule has 5 rings (SSSR count). The molecule has 2 aromatic heterocycles. The van der Waals surface area contributed by atoms with Crippen LogP contribution in [0.1, 0.15) is 5.69 Å². The minimum atomic E-state index is -0.319. The van der Waals surface area contributed by atoms with E-state index in [2.05, 4.69) is 20.4 Å². The van der Waals surface area contributed by atoms with Gasteiger partial charge in [-0.3, -0.25) is 9.59 Å². The first-order valence-corrected chi connectivity index (χ1v) is 9.90. The quantitative estimate of drug-likeness (QED) is 0.471. The number of aryl methyl sites for hydroxylation is 1. The van der Waals surface area contributed by atoms with E-state index < -0.39 is 0 Å². The van der Waals surface area contributed by atoms with E-state index in [0.717, 1.165) is 27.8 Å². The Balaban J connectivity index is 1.33. The molecule has 0 radical (unpaired) electrons. The number of para-hydroxylation sites is 2. The molecule has 31 heavy (non-hydrogen) atoms. The molecule has 0 spiro atoms. The van der Waals surface area contributed by atoms with Crippen LogP contribution in [0.4, 0.5) is 5.69 Å². The number of hydrogen-bond acceptors (Lipinski definition) is 4. The van der Waals surface area contributed by atoms with Crippen LogP contribution in [0.15, 0.2) is 77.6 Å². The molecule has 7 heteroatoms. The molecular weight excluding hydrogens is 390 g/mol. The lowest BCUT2D eigenvalue weighted by molar-refractivity contribution is -0.117. The van der Waals surface area contributed by atoms with E-state index >= 15 is 0 Å². The molecule has 0 unspecified atom stereocenters. The third-order valence-corrected chi connectivity index (χ3v) is 5.18. The summed E-state index contributed by atoms with van der Waals surface area (Å²) >= 11 is 0. The fraction of sp³-hybridized carbons (Fsp3) is 0.0833. The Morgan fingerprint density at radius 2 is 1.68 bits per heavy atom. The number of aromatic amines is 1. The Hall–Kier alpha value is -4.26. The second-order valence-corrected chi connectivity index (χ2v) is 7.32. The van der Waals surface area contributed by atoms with Gasteiger partial charge >= 0.3 is 0 Å².